The molecule has 1 heterocycles. The molecule has 0 aliphatic heterocycles. The topological polar surface area (TPSA) is 82.5 Å². The summed E-state index contributed by atoms with van der Waals surface area (Å²) in [6.07, 6.45) is 0.223. The average molecular weight is 500 g/mol. The number of anilines is 1. The number of thiazole rings is 1. The lowest BCUT2D eigenvalue weighted by Gasteiger charge is -2.22. The number of nitrogens with zero attached hydrogens (tertiary/aromatic N) is 2. The minimum Gasteiger partial charge on any atom is -0.480 e. The van der Waals surface area contributed by atoms with Crippen LogP contribution in [0.25, 0.3) is 0 Å². The largest absolute Gasteiger partial charge is 0.480 e. The fourth-order valence-corrected chi connectivity index (χ4v) is 4.77. The molecule has 0 fully saturated rings. The molecule has 1 amide bonds. The van der Waals surface area contributed by atoms with Crippen molar-refractivity contribution in [3.63, 3.8) is 0 Å². The van der Waals surface area contributed by atoms with Crippen LogP contribution in [0.1, 0.15) is 37.6 Å². The van der Waals surface area contributed by atoms with Crippen molar-refractivity contribution in [3.8, 4) is 0 Å². The van der Waals surface area contributed by atoms with Crippen molar-refractivity contribution in [2.75, 3.05) is 4.90 Å². The third kappa shape index (κ3) is 6.58. The second-order valence-corrected chi connectivity index (χ2v) is 9.91. The summed E-state index contributed by atoms with van der Waals surface area (Å²) in [5, 5.41) is 13.2. The van der Waals surface area contributed by atoms with Crippen LogP contribution in [0.2, 0.25) is 0 Å². The van der Waals surface area contributed by atoms with Gasteiger partial charge in [0, 0.05) is 30.0 Å². The smallest absolute Gasteiger partial charge is 0.326 e. The van der Waals surface area contributed by atoms with Gasteiger partial charge in [0.25, 0.3) is 5.91 Å². The Bertz CT molecular complexity index is 1290. The summed E-state index contributed by atoms with van der Waals surface area (Å²) in [5.74, 6) is -1.47. The first-order valence-electron chi connectivity index (χ1n) is 11.8. The van der Waals surface area contributed by atoms with E-state index in [2.05, 4.69) is 29.3 Å². The Balaban J connectivity index is 1.46. The number of carboxylic acid groups (broad SMARTS) is 1. The monoisotopic (exact) mass is 499 g/mol. The Morgan fingerprint density at radius 3 is 1.94 bits per heavy atom. The molecule has 0 saturated heterocycles. The number of aromatic nitrogens is 1. The summed E-state index contributed by atoms with van der Waals surface area (Å²) in [5.41, 5.74) is 4.54. The number of carboxylic acids is 1. The third-order valence-electron chi connectivity index (χ3n) is 5.98. The molecule has 1 aromatic heterocycles. The number of carbonyl (C=O) groups is 2. The molecule has 4 aromatic rings. The molecule has 0 bridgehead atoms. The van der Waals surface area contributed by atoms with Crippen LogP contribution in [-0.4, -0.2) is 28.0 Å². The molecule has 0 radical (unpaired) electrons. The standard InChI is InChI=1S/C29H29N3O3S/c1-20-21(2)36-29(30-20)32(18-23-11-7-4-8-12-23)19-24-13-15-25(16-14-24)27(33)31-26(28(34)35)17-22-9-5-3-6-10-22/h3-16,26H,17-19H2,1-2H3,(H,31,33)(H,34,35). The van der Waals surface area contributed by atoms with Gasteiger partial charge in [0.05, 0.1) is 5.69 Å². The number of aliphatic carboxylic acids is 1. The molecule has 1 unspecified atom stereocenters. The summed E-state index contributed by atoms with van der Waals surface area (Å²) in [7, 11) is 0. The minimum atomic E-state index is -1.06. The van der Waals surface area contributed by atoms with E-state index < -0.39 is 17.9 Å². The normalized spacial score (nSPS) is 11.6. The van der Waals surface area contributed by atoms with Gasteiger partial charge < -0.3 is 15.3 Å². The molecule has 0 aliphatic rings. The van der Waals surface area contributed by atoms with Crippen molar-refractivity contribution in [3.05, 3.63) is 118 Å². The number of nitrogens with one attached hydrogen (secondary N) is 1. The van der Waals surface area contributed by atoms with Gasteiger partial charge in [-0.15, -0.1) is 11.3 Å². The molecular weight excluding hydrogens is 470 g/mol. The van der Waals surface area contributed by atoms with Gasteiger partial charge in [-0.3, -0.25) is 4.79 Å². The van der Waals surface area contributed by atoms with E-state index in [9.17, 15) is 14.7 Å². The van der Waals surface area contributed by atoms with Crippen molar-refractivity contribution in [2.45, 2.75) is 39.4 Å². The molecule has 3 aromatic carbocycles. The second-order valence-electron chi connectivity index (χ2n) is 8.73. The summed E-state index contributed by atoms with van der Waals surface area (Å²) < 4.78 is 0. The summed E-state index contributed by atoms with van der Waals surface area (Å²) in [6, 6.07) is 25.8. The van der Waals surface area contributed by atoms with E-state index in [0.29, 0.717) is 12.1 Å². The van der Waals surface area contributed by atoms with Crippen LogP contribution in [0.4, 0.5) is 5.13 Å². The van der Waals surface area contributed by atoms with Crippen LogP contribution in [0, 0.1) is 13.8 Å². The molecule has 36 heavy (non-hydrogen) atoms. The Morgan fingerprint density at radius 2 is 1.42 bits per heavy atom. The van der Waals surface area contributed by atoms with Crippen molar-refractivity contribution >= 4 is 28.3 Å². The highest BCUT2D eigenvalue weighted by Gasteiger charge is 2.21. The van der Waals surface area contributed by atoms with Crippen LogP contribution < -0.4 is 10.2 Å². The van der Waals surface area contributed by atoms with E-state index in [1.165, 1.54) is 10.4 Å². The maximum atomic E-state index is 12.8. The SMILES string of the molecule is Cc1nc(N(Cc2ccccc2)Cc2ccc(C(=O)NC(Cc3ccccc3)C(=O)O)cc2)sc1C. The van der Waals surface area contributed by atoms with Gasteiger partial charge in [0.2, 0.25) is 0 Å². The van der Waals surface area contributed by atoms with Crippen LogP contribution in [0.15, 0.2) is 84.9 Å². The molecule has 1 atom stereocenters. The Kier molecular flexibility index (Phi) is 8.13. The number of carbonyl (C=O) groups excluding carboxylic acids is 1. The van der Waals surface area contributed by atoms with E-state index in [4.69, 9.17) is 4.98 Å². The number of rotatable bonds is 10. The van der Waals surface area contributed by atoms with E-state index >= 15 is 0 Å². The second kappa shape index (κ2) is 11.6. The summed E-state index contributed by atoms with van der Waals surface area (Å²) >= 11 is 1.67. The molecular formula is C29H29N3O3S. The molecule has 4 rings (SSSR count). The zero-order valence-corrected chi connectivity index (χ0v) is 21.2. The van der Waals surface area contributed by atoms with Gasteiger partial charge in [0.1, 0.15) is 6.04 Å². The van der Waals surface area contributed by atoms with Gasteiger partial charge in [0.15, 0.2) is 5.13 Å². The Labute approximate surface area is 215 Å². The lowest BCUT2D eigenvalue weighted by molar-refractivity contribution is -0.139. The molecule has 2 N–H and O–H groups in total. The number of aryl methyl sites for hydroxylation is 2. The molecule has 0 aliphatic carbocycles. The minimum absolute atomic E-state index is 0.223. The van der Waals surface area contributed by atoms with E-state index in [1.54, 1.807) is 23.5 Å². The van der Waals surface area contributed by atoms with Crippen LogP contribution in [0.3, 0.4) is 0 Å². The van der Waals surface area contributed by atoms with E-state index in [0.717, 1.165) is 28.5 Å². The predicted molar refractivity (Wildman–Crippen MR) is 143 cm³/mol. The Morgan fingerprint density at radius 1 is 0.861 bits per heavy atom. The van der Waals surface area contributed by atoms with Crippen molar-refractivity contribution in [2.24, 2.45) is 0 Å². The molecule has 6 nitrogen and oxygen atoms in total. The fraction of sp³-hybridized carbons (Fsp3) is 0.207. The zero-order valence-electron chi connectivity index (χ0n) is 20.3. The van der Waals surface area contributed by atoms with Crippen molar-refractivity contribution in [1.82, 2.24) is 10.3 Å². The molecule has 0 saturated carbocycles. The first-order chi connectivity index (χ1) is 17.4. The number of benzene rings is 3. The van der Waals surface area contributed by atoms with Gasteiger partial charge in [-0.2, -0.15) is 0 Å². The first kappa shape index (κ1) is 25.1. The predicted octanol–water partition coefficient (Wildman–Crippen LogP) is 5.39. The summed E-state index contributed by atoms with van der Waals surface area (Å²) in [6.45, 7) is 5.45. The maximum absolute atomic E-state index is 12.8. The van der Waals surface area contributed by atoms with Crippen LogP contribution in [-0.2, 0) is 24.3 Å². The number of amides is 1. The van der Waals surface area contributed by atoms with Gasteiger partial charge in [-0.05, 0) is 42.7 Å². The average Bonchev–Trinajstić information content (AvgIpc) is 3.22. The first-order valence-corrected chi connectivity index (χ1v) is 12.6. The van der Waals surface area contributed by atoms with Gasteiger partial charge >= 0.3 is 5.97 Å². The zero-order chi connectivity index (χ0) is 25.5. The number of hydrogen-bond acceptors (Lipinski definition) is 5. The van der Waals surface area contributed by atoms with Gasteiger partial charge in [-0.25, -0.2) is 9.78 Å². The van der Waals surface area contributed by atoms with E-state index in [1.807, 2.05) is 67.6 Å². The fourth-order valence-electron chi connectivity index (χ4n) is 3.86. The quantitative estimate of drug-likeness (QED) is 0.306. The summed E-state index contributed by atoms with van der Waals surface area (Å²) in [4.78, 5) is 32.7. The highest BCUT2D eigenvalue weighted by molar-refractivity contribution is 7.15. The third-order valence-corrected chi connectivity index (χ3v) is 7.11. The molecule has 0 spiro atoms. The molecule has 184 valence electrons. The van der Waals surface area contributed by atoms with Crippen LogP contribution >= 0.6 is 11.3 Å². The lowest BCUT2D eigenvalue weighted by Crippen LogP contribution is -2.42. The number of hydrogen-bond donors (Lipinski definition) is 2. The van der Waals surface area contributed by atoms with Crippen molar-refractivity contribution in [1.29, 1.82) is 0 Å². The van der Waals surface area contributed by atoms with Crippen molar-refractivity contribution < 1.29 is 14.7 Å². The maximum Gasteiger partial charge on any atom is 0.326 e. The van der Waals surface area contributed by atoms with Crippen LogP contribution in [0.5, 0.6) is 0 Å². The lowest BCUT2D eigenvalue weighted by atomic mass is 10.1. The Hall–Kier alpha value is -3.97. The highest BCUT2D eigenvalue weighted by atomic mass is 32.1. The molecule has 7 heteroatoms. The highest BCUT2D eigenvalue weighted by Crippen LogP contribution is 2.28. The van der Waals surface area contributed by atoms with E-state index in [-0.39, 0.29) is 6.42 Å². The van der Waals surface area contributed by atoms with Gasteiger partial charge in [-0.1, -0.05) is 72.8 Å².